The second-order valence-corrected chi connectivity index (χ2v) is 5.40. The van der Waals surface area contributed by atoms with E-state index in [1.165, 1.54) is 13.2 Å². The monoisotopic (exact) mass is 349 g/mol. The Morgan fingerprint density at radius 1 is 1.26 bits per heavy atom. The molecular weight excluding hydrogens is 337 g/mol. The second kappa shape index (κ2) is 7.73. The molecule has 0 unspecified atom stereocenters. The van der Waals surface area contributed by atoms with Crippen molar-refractivity contribution < 1.29 is 9.53 Å². The van der Waals surface area contributed by atoms with E-state index < -0.39 is 0 Å². The molecule has 23 heavy (non-hydrogen) atoms. The van der Waals surface area contributed by atoms with E-state index in [2.05, 4.69) is 10.6 Å². The molecule has 118 valence electrons. The first-order chi connectivity index (χ1) is 11.0. The molecule has 0 radical (unpaired) electrons. The number of hydrogen-bond donors (Lipinski definition) is 2. The van der Waals surface area contributed by atoms with Crippen LogP contribution in [0.1, 0.15) is 5.56 Å². The lowest BCUT2D eigenvalue weighted by Gasteiger charge is -2.12. The number of rotatable bonds is 5. The van der Waals surface area contributed by atoms with Gasteiger partial charge in [0.25, 0.3) is 0 Å². The van der Waals surface area contributed by atoms with Crippen LogP contribution >= 0.6 is 23.2 Å². The Balaban J connectivity index is 1.99. The van der Waals surface area contributed by atoms with Crippen molar-refractivity contribution in [3.63, 3.8) is 0 Å². The van der Waals surface area contributed by atoms with Gasteiger partial charge in [-0.15, -0.1) is 0 Å². The summed E-state index contributed by atoms with van der Waals surface area (Å²) in [6.07, 6.45) is 0. The molecule has 0 spiro atoms. The average Bonchev–Trinajstić information content (AvgIpc) is 2.53. The number of methoxy groups -OCH3 is 1. The smallest absolute Gasteiger partial charge is 0.243 e. The van der Waals surface area contributed by atoms with E-state index in [0.29, 0.717) is 27.7 Å². The highest BCUT2D eigenvalue weighted by molar-refractivity contribution is 6.32. The highest BCUT2D eigenvalue weighted by Crippen LogP contribution is 2.27. The minimum absolute atomic E-state index is 0.0221. The Bertz CT molecular complexity index is 772. The van der Waals surface area contributed by atoms with Crippen LogP contribution in [-0.2, 0) is 4.79 Å². The molecule has 0 fully saturated rings. The number of benzene rings is 2. The highest BCUT2D eigenvalue weighted by atomic mass is 35.5. The molecule has 2 N–H and O–H groups in total. The average molecular weight is 350 g/mol. The fraction of sp³-hybridized carbons (Fsp3) is 0.125. The Kier molecular flexibility index (Phi) is 5.69. The van der Waals surface area contributed by atoms with Gasteiger partial charge in [-0.25, -0.2) is 0 Å². The van der Waals surface area contributed by atoms with Crippen molar-refractivity contribution in [2.24, 2.45) is 0 Å². The number of carbonyl (C=O) groups excluding carboxylic acids is 1. The van der Waals surface area contributed by atoms with Gasteiger partial charge >= 0.3 is 0 Å². The molecule has 7 heteroatoms. The number of nitriles is 1. The number of amides is 1. The number of nitrogens with zero attached hydrogens (tertiary/aromatic N) is 1. The van der Waals surface area contributed by atoms with Gasteiger partial charge in [-0.2, -0.15) is 5.26 Å². The molecular formula is C16H13Cl2N3O2. The lowest BCUT2D eigenvalue weighted by molar-refractivity contribution is -0.114. The van der Waals surface area contributed by atoms with Crippen LogP contribution in [0.25, 0.3) is 0 Å². The van der Waals surface area contributed by atoms with Crippen LogP contribution in [0.15, 0.2) is 36.4 Å². The van der Waals surface area contributed by atoms with E-state index >= 15 is 0 Å². The van der Waals surface area contributed by atoms with Crippen molar-refractivity contribution in [3.8, 4) is 11.8 Å². The van der Waals surface area contributed by atoms with Crippen LogP contribution in [-0.4, -0.2) is 19.6 Å². The molecule has 1 amide bonds. The van der Waals surface area contributed by atoms with Crippen LogP contribution in [0.2, 0.25) is 10.0 Å². The Morgan fingerprint density at radius 3 is 2.70 bits per heavy atom. The van der Waals surface area contributed by atoms with Gasteiger partial charge in [-0.1, -0.05) is 23.2 Å². The van der Waals surface area contributed by atoms with Crippen molar-refractivity contribution in [2.75, 3.05) is 24.3 Å². The maximum atomic E-state index is 12.0. The minimum atomic E-state index is -0.271. The SMILES string of the molecule is COc1ccc(Cl)cc1NCC(=O)Nc1ccc(C#N)c(Cl)c1. The fourth-order valence-corrected chi connectivity index (χ4v) is 2.28. The standard InChI is InChI=1S/C16H13Cl2N3O2/c1-23-15-5-3-11(17)6-14(15)20-9-16(22)21-12-4-2-10(8-19)13(18)7-12/h2-7,20H,9H2,1H3,(H,21,22). The first-order valence-corrected chi connectivity index (χ1v) is 7.36. The molecule has 0 saturated heterocycles. The molecule has 2 aromatic carbocycles. The topological polar surface area (TPSA) is 74.2 Å². The van der Waals surface area contributed by atoms with E-state index in [0.717, 1.165) is 0 Å². The van der Waals surface area contributed by atoms with Crippen molar-refractivity contribution >= 4 is 40.5 Å². The zero-order valence-electron chi connectivity index (χ0n) is 12.2. The summed E-state index contributed by atoms with van der Waals surface area (Å²) >= 11 is 11.9. The quantitative estimate of drug-likeness (QED) is 0.857. The van der Waals surface area contributed by atoms with Gasteiger partial charge in [-0.3, -0.25) is 4.79 Å². The zero-order chi connectivity index (χ0) is 16.8. The molecule has 0 aliphatic carbocycles. The summed E-state index contributed by atoms with van der Waals surface area (Å²) in [4.78, 5) is 12.0. The molecule has 5 nitrogen and oxygen atoms in total. The minimum Gasteiger partial charge on any atom is -0.495 e. The normalized spacial score (nSPS) is 9.83. The van der Waals surface area contributed by atoms with Gasteiger partial charge in [0.15, 0.2) is 0 Å². The van der Waals surface area contributed by atoms with Gasteiger partial charge in [-0.05, 0) is 36.4 Å². The van der Waals surface area contributed by atoms with Crippen LogP contribution in [0.4, 0.5) is 11.4 Å². The largest absolute Gasteiger partial charge is 0.495 e. The van der Waals surface area contributed by atoms with Crippen LogP contribution in [0, 0.1) is 11.3 Å². The van der Waals surface area contributed by atoms with E-state index in [1.807, 2.05) is 6.07 Å². The first kappa shape index (κ1) is 16.9. The summed E-state index contributed by atoms with van der Waals surface area (Å²) in [5.41, 5.74) is 1.48. The third kappa shape index (κ3) is 4.52. The Labute approximate surface area is 143 Å². The number of hydrogen-bond acceptors (Lipinski definition) is 4. The summed E-state index contributed by atoms with van der Waals surface area (Å²) in [7, 11) is 1.53. The predicted molar refractivity (Wildman–Crippen MR) is 91.3 cm³/mol. The summed E-state index contributed by atoms with van der Waals surface area (Å²) in [6.45, 7) is 0.0221. The van der Waals surface area contributed by atoms with Crippen molar-refractivity contribution in [2.45, 2.75) is 0 Å². The van der Waals surface area contributed by atoms with E-state index in [-0.39, 0.29) is 17.5 Å². The van der Waals surface area contributed by atoms with Gasteiger partial charge in [0, 0.05) is 10.7 Å². The zero-order valence-corrected chi connectivity index (χ0v) is 13.7. The second-order valence-electron chi connectivity index (χ2n) is 4.55. The molecule has 0 atom stereocenters. The number of anilines is 2. The predicted octanol–water partition coefficient (Wildman–Crippen LogP) is 3.92. The maximum absolute atomic E-state index is 12.0. The third-order valence-electron chi connectivity index (χ3n) is 2.97. The maximum Gasteiger partial charge on any atom is 0.243 e. The third-order valence-corrected chi connectivity index (χ3v) is 3.52. The van der Waals surface area contributed by atoms with Gasteiger partial charge in [0.2, 0.25) is 5.91 Å². The number of ether oxygens (including phenoxy) is 1. The highest BCUT2D eigenvalue weighted by Gasteiger charge is 2.08. The fourth-order valence-electron chi connectivity index (χ4n) is 1.88. The molecule has 0 aromatic heterocycles. The lowest BCUT2D eigenvalue weighted by Crippen LogP contribution is -2.22. The number of carbonyl (C=O) groups is 1. The van der Waals surface area contributed by atoms with E-state index in [9.17, 15) is 4.79 Å². The van der Waals surface area contributed by atoms with E-state index in [4.69, 9.17) is 33.2 Å². The molecule has 0 heterocycles. The molecule has 2 rings (SSSR count). The van der Waals surface area contributed by atoms with Gasteiger partial charge in [0.05, 0.1) is 29.9 Å². The molecule has 0 aliphatic rings. The van der Waals surface area contributed by atoms with Gasteiger partial charge in [0.1, 0.15) is 11.8 Å². The Morgan fingerprint density at radius 2 is 2.04 bits per heavy atom. The van der Waals surface area contributed by atoms with Crippen LogP contribution in [0.5, 0.6) is 5.75 Å². The molecule has 0 saturated carbocycles. The molecule has 0 bridgehead atoms. The van der Waals surface area contributed by atoms with Crippen molar-refractivity contribution in [1.29, 1.82) is 5.26 Å². The summed E-state index contributed by atoms with van der Waals surface area (Å²) in [5.74, 6) is 0.316. The molecule has 2 aromatic rings. The number of halogens is 2. The van der Waals surface area contributed by atoms with E-state index in [1.54, 1.807) is 30.3 Å². The number of nitrogens with one attached hydrogen (secondary N) is 2. The molecule has 0 aliphatic heterocycles. The Hall–Kier alpha value is -2.42. The summed E-state index contributed by atoms with van der Waals surface area (Å²) < 4.78 is 5.19. The van der Waals surface area contributed by atoms with Gasteiger partial charge < -0.3 is 15.4 Å². The lowest BCUT2D eigenvalue weighted by atomic mass is 10.2. The van der Waals surface area contributed by atoms with Crippen LogP contribution < -0.4 is 15.4 Å². The van der Waals surface area contributed by atoms with Crippen molar-refractivity contribution in [1.82, 2.24) is 0 Å². The van der Waals surface area contributed by atoms with Crippen LogP contribution in [0.3, 0.4) is 0 Å². The first-order valence-electron chi connectivity index (χ1n) is 6.60. The summed E-state index contributed by atoms with van der Waals surface area (Å²) in [6, 6.07) is 11.7. The van der Waals surface area contributed by atoms with Crippen molar-refractivity contribution in [3.05, 3.63) is 52.0 Å². The summed E-state index contributed by atoms with van der Waals surface area (Å²) in [5, 5.41) is 15.3.